The first kappa shape index (κ1) is 14.4. The average Bonchev–Trinajstić information content (AvgIpc) is 2.37. The Labute approximate surface area is 114 Å². The molecule has 0 aromatic heterocycles. The fraction of sp³-hybridized carbons (Fsp3) is 0.625. The first-order chi connectivity index (χ1) is 9.02. The predicted octanol–water partition coefficient (Wildman–Crippen LogP) is 4.20. The van der Waals surface area contributed by atoms with Crippen molar-refractivity contribution in [3.63, 3.8) is 0 Å². The van der Waals surface area contributed by atoms with Crippen LogP contribution in [0.4, 0.5) is 8.78 Å². The lowest BCUT2D eigenvalue weighted by Gasteiger charge is -2.37. The lowest BCUT2D eigenvalue weighted by molar-refractivity contribution is 0.223. The van der Waals surface area contributed by atoms with Crippen molar-refractivity contribution in [1.29, 1.82) is 0 Å². The molecule has 0 amide bonds. The quantitative estimate of drug-likeness (QED) is 0.869. The van der Waals surface area contributed by atoms with Crippen molar-refractivity contribution < 1.29 is 8.78 Å². The Morgan fingerprint density at radius 2 is 1.89 bits per heavy atom. The molecule has 0 saturated heterocycles. The van der Waals surface area contributed by atoms with E-state index in [9.17, 15) is 8.78 Å². The van der Waals surface area contributed by atoms with Gasteiger partial charge in [0, 0.05) is 5.54 Å². The maximum atomic E-state index is 13.2. The molecule has 1 nitrogen and oxygen atoms in total. The standard InChI is InChI=1S/C16H23F2N/c1-2-3-12-6-8-16(19,9-7-12)11-13-4-5-14(17)15(18)10-13/h4-5,10,12H,2-3,6-9,11,19H2,1H3. The summed E-state index contributed by atoms with van der Waals surface area (Å²) in [5.41, 5.74) is 6.98. The molecule has 1 aromatic rings. The molecule has 3 heteroatoms. The first-order valence-electron chi connectivity index (χ1n) is 7.25. The summed E-state index contributed by atoms with van der Waals surface area (Å²) in [7, 11) is 0. The van der Waals surface area contributed by atoms with Crippen LogP contribution in [-0.2, 0) is 6.42 Å². The Morgan fingerprint density at radius 3 is 2.47 bits per heavy atom. The molecule has 0 heterocycles. The van der Waals surface area contributed by atoms with Crippen LogP contribution < -0.4 is 5.73 Å². The van der Waals surface area contributed by atoms with E-state index in [1.54, 1.807) is 6.07 Å². The van der Waals surface area contributed by atoms with Gasteiger partial charge in [0.05, 0.1) is 0 Å². The van der Waals surface area contributed by atoms with Gasteiger partial charge in [-0.05, 0) is 55.7 Å². The Morgan fingerprint density at radius 1 is 1.21 bits per heavy atom. The van der Waals surface area contributed by atoms with Crippen LogP contribution in [0.2, 0.25) is 0 Å². The largest absolute Gasteiger partial charge is 0.325 e. The molecule has 1 saturated carbocycles. The molecule has 0 radical (unpaired) electrons. The van der Waals surface area contributed by atoms with E-state index in [0.29, 0.717) is 6.42 Å². The zero-order valence-corrected chi connectivity index (χ0v) is 11.6. The van der Waals surface area contributed by atoms with Gasteiger partial charge in [0.15, 0.2) is 11.6 Å². The summed E-state index contributed by atoms with van der Waals surface area (Å²) in [6, 6.07) is 4.12. The van der Waals surface area contributed by atoms with Crippen LogP contribution >= 0.6 is 0 Å². The molecule has 0 bridgehead atoms. The van der Waals surface area contributed by atoms with Crippen molar-refractivity contribution in [3.05, 3.63) is 35.4 Å². The van der Waals surface area contributed by atoms with Crippen molar-refractivity contribution in [3.8, 4) is 0 Å². The molecule has 0 aliphatic heterocycles. The van der Waals surface area contributed by atoms with Crippen molar-refractivity contribution in [1.82, 2.24) is 0 Å². The fourth-order valence-electron chi connectivity index (χ4n) is 3.18. The van der Waals surface area contributed by atoms with Gasteiger partial charge in [-0.3, -0.25) is 0 Å². The zero-order valence-electron chi connectivity index (χ0n) is 11.6. The van der Waals surface area contributed by atoms with Crippen LogP contribution in [0, 0.1) is 17.6 Å². The topological polar surface area (TPSA) is 26.0 Å². The summed E-state index contributed by atoms with van der Waals surface area (Å²) < 4.78 is 26.1. The van der Waals surface area contributed by atoms with Gasteiger partial charge in [0.2, 0.25) is 0 Å². The minimum atomic E-state index is -0.790. The molecule has 2 N–H and O–H groups in total. The van der Waals surface area contributed by atoms with E-state index in [-0.39, 0.29) is 5.54 Å². The van der Waals surface area contributed by atoms with Gasteiger partial charge in [-0.25, -0.2) is 8.78 Å². The van der Waals surface area contributed by atoms with E-state index in [1.165, 1.54) is 25.0 Å². The van der Waals surface area contributed by atoms with Gasteiger partial charge in [0.25, 0.3) is 0 Å². The minimum absolute atomic E-state index is 0.242. The smallest absolute Gasteiger partial charge is 0.159 e. The maximum Gasteiger partial charge on any atom is 0.159 e. The molecule has 0 unspecified atom stereocenters. The molecule has 0 atom stereocenters. The monoisotopic (exact) mass is 267 g/mol. The van der Waals surface area contributed by atoms with Gasteiger partial charge in [-0.2, -0.15) is 0 Å². The molecule has 19 heavy (non-hydrogen) atoms. The van der Waals surface area contributed by atoms with Gasteiger partial charge < -0.3 is 5.73 Å². The Kier molecular flexibility index (Phi) is 4.56. The van der Waals surface area contributed by atoms with Crippen LogP contribution in [0.3, 0.4) is 0 Å². The molecule has 106 valence electrons. The van der Waals surface area contributed by atoms with Crippen LogP contribution in [0.25, 0.3) is 0 Å². The van der Waals surface area contributed by atoms with Crippen LogP contribution in [0.1, 0.15) is 51.0 Å². The summed E-state index contributed by atoms with van der Waals surface area (Å²) >= 11 is 0. The molecule has 1 aliphatic carbocycles. The Balaban J connectivity index is 1.96. The summed E-state index contributed by atoms with van der Waals surface area (Å²) in [5, 5.41) is 0. The highest BCUT2D eigenvalue weighted by Crippen LogP contribution is 2.35. The van der Waals surface area contributed by atoms with Crippen LogP contribution in [0.15, 0.2) is 18.2 Å². The average molecular weight is 267 g/mol. The molecule has 1 fully saturated rings. The first-order valence-corrected chi connectivity index (χ1v) is 7.25. The molecule has 0 spiro atoms. The van der Waals surface area contributed by atoms with E-state index in [0.717, 1.165) is 37.2 Å². The maximum absolute atomic E-state index is 13.2. The van der Waals surface area contributed by atoms with Gasteiger partial charge in [0.1, 0.15) is 0 Å². The molecular weight excluding hydrogens is 244 g/mol. The number of nitrogens with two attached hydrogens (primary N) is 1. The SMILES string of the molecule is CCCC1CCC(N)(Cc2ccc(F)c(F)c2)CC1. The fourth-order valence-corrected chi connectivity index (χ4v) is 3.18. The van der Waals surface area contributed by atoms with E-state index in [1.807, 2.05) is 0 Å². The van der Waals surface area contributed by atoms with Gasteiger partial charge >= 0.3 is 0 Å². The van der Waals surface area contributed by atoms with Crippen LogP contribution in [-0.4, -0.2) is 5.54 Å². The second-order valence-corrected chi connectivity index (χ2v) is 6.02. The number of halogens is 2. The molecular formula is C16H23F2N. The molecule has 1 aliphatic rings. The van der Waals surface area contributed by atoms with Gasteiger partial charge in [-0.15, -0.1) is 0 Å². The van der Waals surface area contributed by atoms with E-state index in [2.05, 4.69) is 6.92 Å². The van der Waals surface area contributed by atoms with Crippen molar-refractivity contribution in [2.24, 2.45) is 11.7 Å². The predicted molar refractivity (Wildman–Crippen MR) is 73.8 cm³/mol. The van der Waals surface area contributed by atoms with Crippen LogP contribution in [0.5, 0.6) is 0 Å². The lowest BCUT2D eigenvalue weighted by Crippen LogP contribution is -2.45. The summed E-state index contributed by atoms with van der Waals surface area (Å²) in [6.45, 7) is 2.21. The minimum Gasteiger partial charge on any atom is -0.325 e. The third kappa shape index (κ3) is 3.75. The highest BCUT2D eigenvalue weighted by molar-refractivity contribution is 5.20. The number of hydrogen-bond donors (Lipinski definition) is 1. The Bertz CT molecular complexity index is 423. The Hall–Kier alpha value is -0.960. The van der Waals surface area contributed by atoms with E-state index < -0.39 is 11.6 Å². The zero-order chi connectivity index (χ0) is 13.9. The highest BCUT2D eigenvalue weighted by atomic mass is 19.2. The lowest BCUT2D eigenvalue weighted by atomic mass is 9.73. The van der Waals surface area contributed by atoms with Crippen molar-refractivity contribution in [2.45, 2.75) is 57.4 Å². The third-order valence-corrected chi connectivity index (χ3v) is 4.34. The van der Waals surface area contributed by atoms with E-state index >= 15 is 0 Å². The summed E-state index contributed by atoms with van der Waals surface area (Å²) in [4.78, 5) is 0. The normalized spacial score (nSPS) is 27.5. The number of hydrogen-bond acceptors (Lipinski definition) is 1. The summed E-state index contributed by atoms with van der Waals surface area (Å²) in [5.74, 6) is -0.770. The third-order valence-electron chi connectivity index (χ3n) is 4.34. The van der Waals surface area contributed by atoms with Crippen molar-refractivity contribution in [2.75, 3.05) is 0 Å². The molecule has 2 rings (SSSR count). The van der Waals surface area contributed by atoms with E-state index in [4.69, 9.17) is 5.73 Å². The number of rotatable bonds is 4. The number of benzene rings is 1. The second-order valence-electron chi connectivity index (χ2n) is 6.02. The van der Waals surface area contributed by atoms with Crippen molar-refractivity contribution >= 4 is 0 Å². The van der Waals surface area contributed by atoms with Gasteiger partial charge in [-0.1, -0.05) is 25.8 Å². The summed E-state index contributed by atoms with van der Waals surface area (Å²) in [6.07, 6.45) is 7.44. The second kappa shape index (κ2) is 6.00. The molecule has 1 aromatic carbocycles. The highest BCUT2D eigenvalue weighted by Gasteiger charge is 2.31.